The normalized spacial score (nSPS) is 12.6. The summed E-state index contributed by atoms with van der Waals surface area (Å²) in [6.45, 7) is 8.41. The zero-order chi connectivity index (χ0) is 25.4. The Bertz CT molecular complexity index is 1110. The van der Waals surface area contributed by atoms with Gasteiger partial charge < -0.3 is 10.2 Å². The lowest BCUT2D eigenvalue weighted by Gasteiger charge is -2.32. The van der Waals surface area contributed by atoms with Gasteiger partial charge in [-0.3, -0.25) is 9.59 Å². The van der Waals surface area contributed by atoms with Crippen molar-refractivity contribution in [3.05, 3.63) is 106 Å². The molecular weight excluding hydrogens is 456 g/mol. The van der Waals surface area contributed by atoms with Crippen LogP contribution >= 0.6 is 11.6 Å². The Labute approximate surface area is 214 Å². The van der Waals surface area contributed by atoms with E-state index >= 15 is 0 Å². The van der Waals surface area contributed by atoms with E-state index in [-0.39, 0.29) is 24.3 Å². The minimum atomic E-state index is -0.638. The van der Waals surface area contributed by atoms with Crippen LogP contribution in [0.4, 0.5) is 0 Å². The highest BCUT2D eigenvalue weighted by molar-refractivity contribution is 6.30. The topological polar surface area (TPSA) is 49.4 Å². The Balaban J connectivity index is 1.98. The number of hydrogen-bond acceptors (Lipinski definition) is 2. The van der Waals surface area contributed by atoms with Crippen molar-refractivity contribution in [1.82, 2.24) is 10.2 Å². The second-order valence-electron chi connectivity index (χ2n) is 9.34. The van der Waals surface area contributed by atoms with Gasteiger partial charge in [0, 0.05) is 24.0 Å². The third-order valence-electron chi connectivity index (χ3n) is 6.18. The van der Waals surface area contributed by atoms with Gasteiger partial charge in [-0.25, -0.2) is 0 Å². The molecule has 0 spiro atoms. The zero-order valence-corrected chi connectivity index (χ0v) is 21.8. The van der Waals surface area contributed by atoms with Gasteiger partial charge in [-0.15, -0.1) is 0 Å². The molecule has 3 aromatic carbocycles. The molecule has 0 radical (unpaired) electrons. The molecule has 4 nitrogen and oxygen atoms in total. The van der Waals surface area contributed by atoms with E-state index in [9.17, 15) is 9.59 Å². The number of carbonyl (C=O) groups is 2. The summed E-state index contributed by atoms with van der Waals surface area (Å²) in [7, 11) is 0. The van der Waals surface area contributed by atoms with Crippen LogP contribution in [-0.4, -0.2) is 28.8 Å². The molecular formula is C30H35ClN2O2. The number of halogens is 1. The van der Waals surface area contributed by atoms with Crippen molar-refractivity contribution in [2.75, 3.05) is 0 Å². The van der Waals surface area contributed by atoms with Gasteiger partial charge in [0.15, 0.2) is 0 Å². The Morgan fingerprint density at radius 2 is 1.51 bits per heavy atom. The van der Waals surface area contributed by atoms with Crippen LogP contribution in [0, 0.1) is 13.8 Å². The highest BCUT2D eigenvalue weighted by Crippen LogP contribution is 2.19. The number of benzene rings is 3. The number of nitrogens with zero attached hydrogens (tertiary/aromatic N) is 1. The lowest BCUT2D eigenvalue weighted by molar-refractivity contribution is -0.141. The first-order valence-electron chi connectivity index (χ1n) is 12.2. The maximum atomic E-state index is 13.8. The smallest absolute Gasteiger partial charge is 0.243 e. The molecule has 0 fully saturated rings. The predicted octanol–water partition coefficient (Wildman–Crippen LogP) is 6.05. The standard InChI is InChI=1S/C30H35ClN2O2/c1-5-23(4)32-30(35)28(18-24-9-7-6-8-10-24)33(20-25-11-13-27(31)14-12-25)29(34)19-26-16-21(2)15-22(3)17-26/h6-17,23,28H,5,18-20H2,1-4H3,(H,32,35)/t23-,28-/m1/s1. The van der Waals surface area contributed by atoms with Crippen LogP contribution in [0.1, 0.15) is 48.1 Å². The number of nitrogens with one attached hydrogen (secondary N) is 1. The second-order valence-corrected chi connectivity index (χ2v) is 9.78. The third-order valence-corrected chi connectivity index (χ3v) is 6.43. The maximum Gasteiger partial charge on any atom is 0.243 e. The minimum absolute atomic E-state index is 0.0210. The van der Waals surface area contributed by atoms with E-state index in [1.54, 1.807) is 4.90 Å². The van der Waals surface area contributed by atoms with Crippen molar-refractivity contribution in [2.45, 2.75) is 65.6 Å². The summed E-state index contributed by atoms with van der Waals surface area (Å²) in [6.07, 6.45) is 1.49. The van der Waals surface area contributed by atoms with Crippen molar-refractivity contribution >= 4 is 23.4 Å². The monoisotopic (exact) mass is 490 g/mol. The quantitative estimate of drug-likeness (QED) is 0.376. The first-order chi connectivity index (χ1) is 16.7. The fourth-order valence-electron chi connectivity index (χ4n) is 4.23. The summed E-state index contributed by atoms with van der Waals surface area (Å²) in [5, 5.41) is 3.74. The van der Waals surface area contributed by atoms with Gasteiger partial charge in [-0.1, -0.05) is 90.3 Å². The minimum Gasteiger partial charge on any atom is -0.352 e. The number of rotatable bonds is 10. The first kappa shape index (κ1) is 26.5. The molecule has 3 rings (SSSR count). The van der Waals surface area contributed by atoms with Crippen molar-refractivity contribution in [1.29, 1.82) is 0 Å². The van der Waals surface area contributed by atoms with Crippen molar-refractivity contribution in [3.8, 4) is 0 Å². The third kappa shape index (κ3) is 7.97. The molecule has 0 bridgehead atoms. The fraction of sp³-hybridized carbons (Fsp3) is 0.333. The first-order valence-corrected chi connectivity index (χ1v) is 12.6. The van der Waals surface area contributed by atoms with Gasteiger partial charge in [0.2, 0.25) is 11.8 Å². The highest BCUT2D eigenvalue weighted by Gasteiger charge is 2.31. The predicted molar refractivity (Wildman–Crippen MR) is 143 cm³/mol. The molecule has 1 N–H and O–H groups in total. The Hall–Kier alpha value is -3.11. The summed E-state index contributed by atoms with van der Waals surface area (Å²) < 4.78 is 0. The van der Waals surface area contributed by atoms with Crippen LogP contribution in [0.3, 0.4) is 0 Å². The maximum absolute atomic E-state index is 13.8. The van der Waals surface area contributed by atoms with Crippen molar-refractivity contribution in [2.24, 2.45) is 0 Å². The van der Waals surface area contributed by atoms with E-state index in [4.69, 9.17) is 11.6 Å². The summed E-state index contributed by atoms with van der Waals surface area (Å²) in [6, 6.07) is 22.9. The van der Waals surface area contributed by atoms with E-state index in [2.05, 4.69) is 11.4 Å². The number of hydrogen-bond donors (Lipinski definition) is 1. The van der Waals surface area contributed by atoms with Crippen LogP contribution < -0.4 is 5.32 Å². The molecule has 0 unspecified atom stereocenters. The van der Waals surface area contributed by atoms with E-state index in [0.717, 1.165) is 34.2 Å². The van der Waals surface area contributed by atoms with Crippen LogP contribution in [0.25, 0.3) is 0 Å². The van der Waals surface area contributed by atoms with Crippen LogP contribution in [0.2, 0.25) is 5.02 Å². The Morgan fingerprint density at radius 3 is 2.11 bits per heavy atom. The second kappa shape index (κ2) is 12.6. The molecule has 0 aliphatic rings. The van der Waals surface area contributed by atoms with Gasteiger partial charge in [-0.2, -0.15) is 0 Å². The van der Waals surface area contributed by atoms with E-state index in [1.165, 1.54) is 0 Å². The SMILES string of the molecule is CC[C@@H](C)NC(=O)[C@@H](Cc1ccccc1)N(Cc1ccc(Cl)cc1)C(=O)Cc1cc(C)cc(C)c1. The molecule has 0 saturated heterocycles. The lowest BCUT2D eigenvalue weighted by atomic mass is 10.00. The summed E-state index contributed by atoms with van der Waals surface area (Å²) in [5.41, 5.74) is 5.13. The molecule has 0 heterocycles. The average Bonchev–Trinajstić information content (AvgIpc) is 2.82. The average molecular weight is 491 g/mol. The summed E-state index contributed by atoms with van der Waals surface area (Å²) in [4.78, 5) is 29.1. The molecule has 3 aromatic rings. The van der Waals surface area contributed by atoms with Gasteiger partial charge in [0.05, 0.1) is 6.42 Å². The Kier molecular flexibility index (Phi) is 9.50. The van der Waals surface area contributed by atoms with Crippen LogP contribution in [0.5, 0.6) is 0 Å². The molecule has 0 aliphatic carbocycles. The van der Waals surface area contributed by atoms with Crippen molar-refractivity contribution < 1.29 is 9.59 Å². The largest absolute Gasteiger partial charge is 0.352 e. The molecule has 184 valence electrons. The van der Waals surface area contributed by atoms with E-state index < -0.39 is 6.04 Å². The molecule has 0 aromatic heterocycles. The van der Waals surface area contributed by atoms with Gasteiger partial charge in [0.25, 0.3) is 0 Å². The molecule has 5 heteroatoms. The van der Waals surface area contributed by atoms with E-state index in [0.29, 0.717) is 18.0 Å². The van der Waals surface area contributed by atoms with E-state index in [1.807, 2.05) is 94.4 Å². The van der Waals surface area contributed by atoms with Crippen LogP contribution in [0.15, 0.2) is 72.8 Å². The highest BCUT2D eigenvalue weighted by atomic mass is 35.5. The van der Waals surface area contributed by atoms with Crippen LogP contribution in [-0.2, 0) is 29.0 Å². The molecule has 2 atom stereocenters. The number of aryl methyl sites for hydroxylation is 2. The molecule has 35 heavy (non-hydrogen) atoms. The van der Waals surface area contributed by atoms with Gasteiger partial charge >= 0.3 is 0 Å². The molecule has 2 amide bonds. The lowest BCUT2D eigenvalue weighted by Crippen LogP contribution is -2.52. The van der Waals surface area contributed by atoms with Gasteiger partial charge in [0.1, 0.15) is 6.04 Å². The Morgan fingerprint density at radius 1 is 0.886 bits per heavy atom. The summed E-state index contributed by atoms with van der Waals surface area (Å²) >= 11 is 6.10. The van der Waals surface area contributed by atoms with Crippen molar-refractivity contribution in [3.63, 3.8) is 0 Å². The number of amides is 2. The number of carbonyl (C=O) groups excluding carboxylic acids is 2. The zero-order valence-electron chi connectivity index (χ0n) is 21.1. The summed E-state index contributed by atoms with van der Waals surface area (Å²) in [5.74, 6) is -0.212. The fourth-order valence-corrected chi connectivity index (χ4v) is 4.35. The molecule has 0 saturated carbocycles. The molecule has 0 aliphatic heterocycles. The van der Waals surface area contributed by atoms with Gasteiger partial charge in [-0.05, 0) is 56.0 Å².